The second-order valence-electron chi connectivity index (χ2n) is 4.87. The van der Waals surface area contributed by atoms with Gasteiger partial charge in [0.05, 0.1) is 5.52 Å². The lowest BCUT2D eigenvalue weighted by molar-refractivity contribution is -0.121. The summed E-state index contributed by atoms with van der Waals surface area (Å²) in [5.41, 5.74) is 2.35. The minimum absolute atomic E-state index is 0.0481. The van der Waals surface area contributed by atoms with Gasteiger partial charge in [-0.1, -0.05) is 13.8 Å². The van der Waals surface area contributed by atoms with Crippen molar-refractivity contribution in [2.45, 2.75) is 39.7 Å². The van der Waals surface area contributed by atoms with Crippen molar-refractivity contribution in [3.8, 4) is 0 Å². The molecule has 2 aromatic heterocycles. The van der Waals surface area contributed by atoms with E-state index in [-0.39, 0.29) is 5.91 Å². The average molecular weight is 259 g/mol. The third kappa shape index (κ3) is 2.78. The lowest BCUT2D eigenvalue weighted by Gasteiger charge is -2.06. The molecule has 1 unspecified atom stereocenters. The van der Waals surface area contributed by atoms with E-state index in [1.807, 2.05) is 23.8 Å². The number of likely N-dealkylation sites (N-methyl/N-ethyl adjacent to an activating group) is 1. The summed E-state index contributed by atoms with van der Waals surface area (Å²) in [7, 11) is 0. The van der Waals surface area contributed by atoms with Gasteiger partial charge in [0.25, 0.3) is 0 Å². The summed E-state index contributed by atoms with van der Waals surface area (Å²) < 4.78 is 2.02. The van der Waals surface area contributed by atoms with E-state index in [4.69, 9.17) is 0 Å². The highest BCUT2D eigenvalue weighted by Crippen LogP contribution is 2.28. The summed E-state index contributed by atoms with van der Waals surface area (Å²) in [4.78, 5) is 16.0. The van der Waals surface area contributed by atoms with Crippen molar-refractivity contribution in [2.24, 2.45) is 0 Å². The van der Waals surface area contributed by atoms with Crippen LogP contribution in [0.1, 0.15) is 38.7 Å². The predicted octanol–water partition coefficient (Wildman–Crippen LogP) is 2.69. The Bertz CT molecular complexity index is 574. The van der Waals surface area contributed by atoms with Crippen molar-refractivity contribution in [1.29, 1.82) is 0 Å². The number of amides is 1. The summed E-state index contributed by atoms with van der Waals surface area (Å²) in [6.07, 6.45) is 6.84. The van der Waals surface area contributed by atoms with Crippen LogP contribution in [0.3, 0.4) is 0 Å². The Balaban J connectivity index is 2.41. The van der Waals surface area contributed by atoms with Crippen molar-refractivity contribution in [3.05, 3.63) is 30.2 Å². The highest BCUT2D eigenvalue weighted by molar-refractivity contribution is 5.85. The van der Waals surface area contributed by atoms with E-state index in [1.165, 1.54) is 5.56 Å². The summed E-state index contributed by atoms with van der Waals surface area (Å²) in [6.45, 7) is 7.34. The lowest BCUT2D eigenvalue weighted by Crippen LogP contribution is -2.26. The van der Waals surface area contributed by atoms with Crippen molar-refractivity contribution in [3.63, 3.8) is 0 Å². The molecule has 0 aliphatic heterocycles. The summed E-state index contributed by atoms with van der Waals surface area (Å²) in [5, 5.41) is 3.99. The zero-order chi connectivity index (χ0) is 13.8. The standard InChI is InChI=1S/C15H21N3O/c1-4-11(3)13-9-18(10-15(19)17-5-2)14-6-7-16-8-12(13)14/h6-9,11H,4-5,10H2,1-3H3,(H,17,19). The van der Waals surface area contributed by atoms with Crippen molar-refractivity contribution >= 4 is 16.8 Å². The molecule has 0 radical (unpaired) electrons. The molecule has 4 heteroatoms. The average Bonchev–Trinajstić information content (AvgIpc) is 2.77. The SMILES string of the molecule is CCNC(=O)Cn1cc(C(C)CC)c2cnccc21. The minimum Gasteiger partial charge on any atom is -0.355 e. The van der Waals surface area contributed by atoms with Crippen molar-refractivity contribution in [2.75, 3.05) is 6.54 Å². The van der Waals surface area contributed by atoms with Crippen LogP contribution in [0.5, 0.6) is 0 Å². The number of carbonyl (C=O) groups excluding carboxylic acids is 1. The fourth-order valence-electron chi connectivity index (χ4n) is 2.32. The number of nitrogens with zero attached hydrogens (tertiary/aromatic N) is 2. The number of rotatable bonds is 5. The normalized spacial score (nSPS) is 12.6. The minimum atomic E-state index is 0.0481. The third-order valence-electron chi connectivity index (χ3n) is 3.54. The van der Waals surface area contributed by atoms with E-state index >= 15 is 0 Å². The van der Waals surface area contributed by atoms with Gasteiger partial charge in [0, 0.05) is 30.5 Å². The van der Waals surface area contributed by atoms with Crippen molar-refractivity contribution in [1.82, 2.24) is 14.9 Å². The molecule has 102 valence electrons. The molecule has 0 aliphatic carbocycles. The number of hydrogen-bond acceptors (Lipinski definition) is 2. The Morgan fingerprint density at radius 3 is 2.95 bits per heavy atom. The van der Waals surface area contributed by atoms with Gasteiger partial charge in [0.1, 0.15) is 6.54 Å². The highest BCUT2D eigenvalue weighted by atomic mass is 16.1. The second-order valence-corrected chi connectivity index (χ2v) is 4.87. The Hall–Kier alpha value is -1.84. The van der Waals surface area contributed by atoms with E-state index < -0.39 is 0 Å². The van der Waals surface area contributed by atoms with Crippen LogP contribution in [0.4, 0.5) is 0 Å². The van der Waals surface area contributed by atoms with E-state index in [1.54, 1.807) is 6.20 Å². The number of carbonyl (C=O) groups is 1. The van der Waals surface area contributed by atoms with Gasteiger partial charge in [-0.3, -0.25) is 9.78 Å². The maximum Gasteiger partial charge on any atom is 0.239 e. The molecule has 0 aliphatic rings. The Morgan fingerprint density at radius 1 is 1.47 bits per heavy atom. The molecule has 0 aromatic carbocycles. The first kappa shape index (κ1) is 13.6. The van der Waals surface area contributed by atoms with Crippen molar-refractivity contribution < 1.29 is 4.79 Å². The first-order valence-electron chi connectivity index (χ1n) is 6.86. The van der Waals surface area contributed by atoms with Crippen LogP contribution in [-0.4, -0.2) is 22.0 Å². The van der Waals surface area contributed by atoms with Crippen LogP contribution in [0.25, 0.3) is 10.9 Å². The van der Waals surface area contributed by atoms with Gasteiger partial charge in [-0.25, -0.2) is 0 Å². The smallest absolute Gasteiger partial charge is 0.239 e. The lowest BCUT2D eigenvalue weighted by atomic mass is 9.99. The predicted molar refractivity (Wildman–Crippen MR) is 77.1 cm³/mol. The van der Waals surface area contributed by atoms with Crippen LogP contribution in [-0.2, 0) is 11.3 Å². The third-order valence-corrected chi connectivity index (χ3v) is 3.54. The van der Waals surface area contributed by atoms with Gasteiger partial charge < -0.3 is 9.88 Å². The highest BCUT2D eigenvalue weighted by Gasteiger charge is 2.14. The monoisotopic (exact) mass is 259 g/mol. The van der Waals surface area contributed by atoms with Gasteiger partial charge in [-0.2, -0.15) is 0 Å². The molecule has 0 spiro atoms. The number of aromatic nitrogens is 2. The molecule has 1 N–H and O–H groups in total. The van der Waals surface area contributed by atoms with Gasteiger partial charge in [0.15, 0.2) is 0 Å². The number of pyridine rings is 1. The molecule has 2 rings (SSSR count). The second kappa shape index (κ2) is 5.87. The number of hydrogen-bond donors (Lipinski definition) is 1. The van der Waals surface area contributed by atoms with E-state index in [0.717, 1.165) is 17.3 Å². The first-order chi connectivity index (χ1) is 9.17. The molecule has 0 bridgehead atoms. The van der Waals surface area contributed by atoms with Gasteiger partial charge in [-0.15, -0.1) is 0 Å². The molecular weight excluding hydrogens is 238 g/mol. The van der Waals surface area contributed by atoms with Gasteiger partial charge in [-0.05, 0) is 30.9 Å². The molecule has 4 nitrogen and oxygen atoms in total. The first-order valence-corrected chi connectivity index (χ1v) is 6.86. The Morgan fingerprint density at radius 2 is 2.26 bits per heavy atom. The molecule has 0 saturated heterocycles. The van der Waals surface area contributed by atoms with E-state index in [9.17, 15) is 4.79 Å². The number of fused-ring (bicyclic) bond motifs is 1. The van der Waals surface area contributed by atoms with Crippen LogP contribution in [0.2, 0.25) is 0 Å². The summed E-state index contributed by atoms with van der Waals surface area (Å²) >= 11 is 0. The molecule has 0 fully saturated rings. The largest absolute Gasteiger partial charge is 0.355 e. The molecule has 19 heavy (non-hydrogen) atoms. The molecule has 1 atom stereocenters. The van der Waals surface area contributed by atoms with Crippen LogP contribution >= 0.6 is 0 Å². The Labute approximate surface area is 113 Å². The van der Waals surface area contributed by atoms with Crippen LogP contribution in [0.15, 0.2) is 24.7 Å². The van der Waals surface area contributed by atoms with Crippen LogP contribution in [0, 0.1) is 0 Å². The summed E-state index contributed by atoms with van der Waals surface area (Å²) in [6, 6.07) is 1.97. The maximum atomic E-state index is 11.8. The van der Waals surface area contributed by atoms with Gasteiger partial charge >= 0.3 is 0 Å². The Kier molecular flexibility index (Phi) is 4.20. The zero-order valence-corrected chi connectivity index (χ0v) is 11.8. The topological polar surface area (TPSA) is 46.9 Å². The maximum absolute atomic E-state index is 11.8. The molecule has 0 saturated carbocycles. The van der Waals surface area contributed by atoms with Gasteiger partial charge in [0.2, 0.25) is 5.91 Å². The quantitative estimate of drug-likeness (QED) is 0.897. The van der Waals surface area contributed by atoms with E-state index in [2.05, 4.69) is 30.3 Å². The molecule has 2 aromatic rings. The fraction of sp³-hybridized carbons (Fsp3) is 0.467. The number of nitrogens with one attached hydrogen (secondary N) is 1. The molecular formula is C15H21N3O. The molecule has 1 amide bonds. The zero-order valence-electron chi connectivity index (χ0n) is 11.8. The molecule has 2 heterocycles. The fourth-order valence-corrected chi connectivity index (χ4v) is 2.32. The van der Waals surface area contributed by atoms with E-state index in [0.29, 0.717) is 19.0 Å². The summed E-state index contributed by atoms with van der Waals surface area (Å²) in [5.74, 6) is 0.522. The van der Waals surface area contributed by atoms with Crippen LogP contribution < -0.4 is 5.32 Å².